The molecule has 1 amide bonds. The Bertz CT molecular complexity index is 795. The molecule has 1 aliphatic rings. The molecule has 1 aromatic heterocycles. The predicted octanol–water partition coefficient (Wildman–Crippen LogP) is 3.34. The van der Waals surface area contributed by atoms with Crippen molar-refractivity contribution in [1.82, 2.24) is 15.1 Å². The summed E-state index contributed by atoms with van der Waals surface area (Å²) in [5, 5.41) is 7.02. The molecule has 1 aromatic carbocycles. The molecule has 24 heavy (non-hydrogen) atoms. The second-order valence-corrected chi connectivity index (χ2v) is 6.18. The minimum atomic E-state index is -4.38. The summed E-state index contributed by atoms with van der Waals surface area (Å²) < 4.78 is 40.9. The van der Waals surface area contributed by atoms with Crippen LogP contribution in [0.3, 0.4) is 0 Å². The number of rotatable bonds is 3. The molecule has 0 bridgehead atoms. The van der Waals surface area contributed by atoms with Crippen LogP contribution >= 0.6 is 0 Å². The fraction of sp³-hybridized carbons (Fsp3) is 0.412. The number of amides is 1. The van der Waals surface area contributed by atoms with Crippen LogP contribution in [0.4, 0.5) is 13.2 Å². The number of hydrogen-bond donors (Lipinski definition) is 1. The Morgan fingerprint density at radius 1 is 1.29 bits per heavy atom. The Kier molecular flexibility index (Phi) is 3.89. The third-order valence-corrected chi connectivity index (χ3v) is 4.51. The van der Waals surface area contributed by atoms with Gasteiger partial charge in [0.25, 0.3) is 5.91 Å². The maximum atomic E-state index is 13.1. The average molecular weight is 337 g/mol. The molecule has 1 heterocycles. The molecular formula is C17H18F3N3O. The second kappa shape index (κ2) is 5.65. The summed E-state index contributed by atoms with van der Waals surface area (Å²) in [6, 6.07) is 5.27. The van der Waals surface area contributed by atoms with E-state index in [1.807, 2.05) is 0 Å². The van der Waals surface area contributed by atoms with Crippen molar-refractivity contribution in [3.63, 3.8) is 0 Å². The molecule has 1 saturated carbocycles. The number of carbonyl (C=O) groups excluding carboxylic acids is 1. The Labute approximate surface area is 137 Å². The van der Waals surface area contributed by atoms with Crippen molar-refractivity contribution < 1.29 is 18.0 Å². The lowest BCUT2D eigenvalue weighted by atomic mass is 10.0. The Balaban J connectivity index is 1.76. The van der Waals surface area contributed by atoms with Gasteiger partial charge in [-0.3, -0.25) is 9.48 Å². The van der Waals surface area contributed by atoms with Gasteiger partial charge < -0.3 is 5.32 Å². The highest BCUT2D eigenvalue weighted by molar-refractivity contribution is 5.96. The van der Waals surface area contributed by atoms with Gasteiger partial charge in [-0.05, 0) is 31.9 Å². The maximum absolute atomic E-state index is 13.1. The van der Waals surface area contributed by atoms with Crippen LogP contribution in [-0.4, -0.2) is 21.7 Å². The first-order valence-corrected chi connectivity index (χ1v) is 7.67. The van der Waals surface area contributed by atoms with Crippen molar-refractivity contribution in [1.29, 1.82) is 0 Å². The van der Waals surface area contributed by atoms with Gasteiger partial charge in [-0.25, -0.2) is 0 Å². The topological polar surface area (TPSA) is 46.9 Å². The third-order valence-electron chi connectivity index (χ3n) is 4.51. The third kappa shape index (κ3) is 2.90. The van der Waals surface area contributed by atoms with Gasteiger partial charge in [-0.15, -0.1) is 0 Å². The first-order valence-electron chi connectivity index (χ1n) is 7.67. The molecule has 1 aliphatic carbocycles. The van der Waals surface area contributed by atoms with Gasteiger partial charge in [0, 0.05) is 24.7 Å². The van der Waals surface area contributed by atoms with E-state index >= 15 is 0 Å². The molecule has 0 aliphatic heterocycles. The first-order chi connectivity index (χ1) is 11.2. The smallest absolute Gasteiger partial charge is 0.349 e. The zero-order valence-electron chi connectivity index (χ0n) is 13.6. The molecule has 128 valence electrons. The van der Waals surface area contributed by atoms with E-state index in [1.165, 1.54) is 12.1 Å². The molecule has 2 aromatic rings. The van der Waals surface area contributed by atoms with E-state index in [0.717, 1.165) is 11.8 Å². The molecule has 0 radical (unpaired) electrons. The van der Waals surface area contributed by atoms with Gasteiger partial charge in [0.1, 0.15) is 0 Å². The number of aryl methyl sites for hydroxylation is 2. The molecule has 2 atom stereocenters. The number of alkyl halides is 3. The summed E-state index contributed by atoms with van der Waals surface area (Å²) in [7, 11) is 1.75. The second-order valence-electron chi connectivity index (χ2n) is 6.18. The van der Waals surface area contributed by atoms with E-state index in [4.69, 9.17) is 0 Å². The highest BCUT2D eigenvalue weighted by atomic mass is 19.4. The molecule has 0 saturated heterocycles. The number of nitrogens with one attached hydrogen (secondary N) is 1. The Morgan fingerprint density at radius 2 is 1.96 bits per heavy atom. The summed E-state index contributed by atoms with van der Waals surface area (Å²) in [4.78, 5) is 12.4. The van der Waals surface area contributed by atoms with Crippen LogP contribution in [0.15, 0.2) is 24.3 Å². The van der Waals surface area contributed by atoms with Crippen LogP contribution in [0.2, 0.25) is 0 Å². The first kappa shape index (κ1) is 16.5. The maximum Gasteiger partial charge on any atom is 0.416 e. The Morgan fingerprint density at radius 3 is 2.54 bits per heavy atom. The number of aromatic nitrogens is 2. The quantitative estimate of drug-likeness (QED) is 0.934. The largest absolute Gasteiger partial charge is 0.416 e. The molecule has 1 fully saturated rings. The highest BCUT2D eigenvalue weighted by Crippen LogP contribution is 2.46. The van der Waals surface area contributed by atoms with E-state index in [-0.39, 0.29) is 23.4 Å². The molecule has 1 N–H and O–H groups in total. The van der Waals surface area contributed by atoms with Gasteiger partial charge >= 0.3 is 6.18 Å². The van der Waals surface area contributed by atoms with Crippen molar-refractivity contribution in [2.45, 2.75) is 38.4 Å². The number of nitrogens with zero attached hydrogens (tertiary/aromatic N) is 2. The van der Waals surface area contributed by atoms with Crippen molar-refractivity contribution >= 4 is 5.91 Å². The number of halogens is 3. The van der Waals surface area contributed by atoms with Crippen LogP contribution in [0.25, 0.3) is 0 Å². The Hall–Kier alpha value is -2.31. The van der Waals surface area contributed by atoms with Gasteiger partial charge in [0.2, 0.25) is 0 Å². The molecule has 0 unspecified atom stereocenters. The number of hydrogen-bond acceptors (Lipinski definition) is 2. The lowest BCUT2D eigenvalue weighted by Gasteiger charge is -2.12. The molecule has 3 rings (SSSR count). The van der Waals surface area contributed by atoms with E-state index in [2.05, 4.69) is 10.4 Å². The van der Waals surface area contributed by atoms with Crippen molar-refractivity contribution in [3.8, 4) is 0 Å². The lowest BCUT2D eigenvalue weighted by Crippen LogP contribution is -2.27. The fourth-order valence-electron chi connectivity index (χ4n) is 3.12. The highest BCUT2D eigenvalue weighted by Gasteiger charge is 2.45. The molecule has 0 spiro atoms. The fourth-order valence-corrected chi connectivity index (χ4v) is 3.12. The average Bonchev–Trinajstić information content (AvgIpc) is 3.19. The number of carbonyl (C=O) groups is 1. The van der Waals surface area contributed by atoms with Crippen LogP contribution in [0, 0.1) is 13.8 Å². The normalized spacial score (nSPS) is 20.1. The molecule has 7 heteroatoms. The SMILES string of the molecule is Cc1nn(C)c(C)c1C(=O)N[C@H]1C[C@@H]1c1ccccc1C(F)(F)F. The minimum absolute atomic E-state index is 0.245. The monoisotopic (exact) mass is 337 g/mol. The van der Waals surface area contributed by atoms with Gasteiger partial charge in [-0.1, -0.05) is 18.2 Å². The van der Waals surface area contributed by atoms with Crippen molar-refractivity contribution in [2.75, 3.05) is 0 Å². The number of benzene rings is 1. The summed E-state index contributed by atoms with van der Waals surface area (Å²) in [5.74, 6) is -0.584. The zero-order valence-corrected chi connectivity index (χ0v) is 13.6. The van der Waals surface area contributed by atoms with Gasteiger partial charge in [0.15, 0.2) is 0 Å². The van der Waals surface area contributed by atoms with Crippen LogP contribution in [0.5, 0.6) is 0 Å². The minimum Gasteiger partial charge on any atom is -0.349 e. The van der Waals surface area contributed by atoms with Crippen LogP contribution < -0.4 is 5.32 Å². The van der Waals surface area contributed by atoms with Crippen molar-refractivity contribution in [2.24, 2.45) is 7.05 Å². The van der Waals surface area contributed by atoms with Crippen LogP contribution in [-0.2, 0) is 13.2 Å². The van der Waals surface area contributed by atoms with E-state index < -0.39 is 11.7 Å². The summed E-state index contributed by atoms with van der Waals surface area (Å²) in [5.41, 5.74) is 1.46. The van der Waals surface area contributed by atoms with Gasteiger partial charge in [0.05, 0.1) is 16.8 Å². The zero-order chi connectivity index (χ0) is 17.6. The lowest BCUT2D eigenvalue weighted by molar-refractivity contribution is -0.138. The van der Waals surface area contributed by atoms with E-state index in [1.54, 1.807) is 31.6 Å². The summed E-state index contributed by atoms with van der Waals surface area (Å²) >= 11 is 0. The van der Waals surface area contributed by atoms with Crippen molar-refractivity contribution in [3.05, 3.63) is 52.3 Å². The predicted molar refractivity (Wildman–Crippen MR) is 82.7 cm³/mol. The van der Waals surface area contributed by atoms with E-state index in [9.17, 15) is 18.0 Å². The summed E-state index contributed by atoms with van der Waals surface area (Å²) in [6.07, 6.45) is -3.87. The molecule has 4 nitrogen and oxygen atoms in total. The van der Waals surface area contributed by atoms with E-state index in [0.29, 0.717) is 17.7 Å². The molecular weight excluding hydrogens is 319 g/mol. The standard InChI is InChI=1S/C17H18F3N3O/c1-9-15(10(2)23(3)22-9)16(24)21-14-8-12(14)11-6-4-5-7-13(11)17(18,19)20/h4-7,12,14H,8H2,1-3H3,(H,21,24)/t12-,14+/m1/s1. The van der Waals surface area contributed by atoms with Gasteiger partial charge in [-0.2, -0.15) is 18.3 Å². The summed E-state index contributed by atoms with van der Waals surface area (Å²) in [6.45, 7) is 3.53. The van der Waals surface area contributed by atoms with Crippen LogP contribution in [0.1, 0.15) is 45.2 Å².